The van der Waals surface area contributed by atoms with Crippen LogP contribution in [0.3, 0.4) is 0 Å². The zero-order valence-corrected chi connectivity index (χ0v) is 17.8. The zero-order valence-electron chi connectivity index (χ0n) is 17.8. The third-order valence-electron chi connectivity index (χ3n) is 7.00. The molecule has 3 atom stereocenters. The number of rotatable bonds is 6. The van der Waals surface area contributed by atoms with E-state index in [-0.39, 0.29) is 18.3 Å². The quantitative estimate of drug-likeness (QED) is 0.699. The molecule has 2 saturated heterocycles. The minimum Gasteiger partial charge on any atom is -0.399 e. The maximum atomic E-state index is 13.1. The summed E-state index contributed by atoms with van der Waals surface area (Å²) in [6.45, 7) is 13.6. The Bertz CT molecular complexity index is 678. The molecule has 1 aromatic carbocycles. The topological polar surface area (TPSA) is 24.9 Å². The van der Waals surface area contributed by atoms with Crippen molar-refractivity contribution in [3.63, 3.8) is 0 Å². The van der Waals surface area contributed by atoms with E-state index in [2.05, 4.69) is 61.8 Å². The Morgan fingerprint density at radius 3 is 2.29 bits per heavy atom. The first-order valence-corrected chi connectivity index (χ1v) is 10.9. The molecule has 3 aliphatic rings. The summed E-state index contributed by atoms with van der Waals surface area (Å²) in [6, 6.07) is 8.63. The lowest BCUT2D eigenvalue weighted by Crippen LogP contribution is -2.47. The van der Waals surface area contributed by atoms with Crippen LogP contribution in [0.1, 0.15) is 47.0 Å². The van der Waals surface area contributed by atoms with Gasteiger partial charge < -0.3 is 14.2 Å². The maximum Gasteiger partial charge on any atom is 0.494 e. The molecule has 154 valence electrons. The lowest BCUT2D eigenvalue weighted by atomic mass is 9.79. The molecule has 0 amide bonds. The largest absolute Gasteiger partial charge is 0.494 e. The van der Waals surface area contributed by atoms with Gasteiger partial charge in [-0.3, -0.25) is 4.90 Å². The van der Waals surface area contributed by atoms with Crippen molar-refractivity contribution in [1.82, 2.24) is 4.90 Å². The van der Waals surface area contributed by atoms with E-state index in [0.717, 1.165) is 57.4 Å². The molecule has 2 aliphatic heterocycles. The van der Waals surface area contributed by atoms with Gasteiger partial charge in [-0.15, -0.1) is 0 Å². The van der Waals surface area contributed by atoms with Crippen molar-refractivity contribution in [2.24, 2.45) is 5.92 Å². The van der Waals surface area contributed by atoms with Crippen LogP contribution in [0.5, 0.6) is 0 Å². The molecule has 0 bridgehead atoms. The van der Waals surface area contributed by atoms with Crippen LogP contribution in [0.15, 0.2) is 24.3 Å². The number of anilines is 1. The summed E-state index contributed by atoms with van der Waals surface area (Å²) in [5, 5.41) is 0. The molecule has 0 N–H and O–H groups in total. The molecule has 6 heteroatoms. The van der Waals surface area contributed by atoms with Crippen LogP contribution in [-0.4, -0.2) is 62.1 Å². The van der Waals surface area contributed by atoms with E-state index in [9.17, 15) is 4.39 Å². The van der Waals surface area contributed by atoms with Gasteiger partial charge in [-0.2, -0.15) is 0 Å². The number of benzene rings is 1. The lowest BCUT2D eigenvalue weighted by Gasteiger charge is -2.36. The van der Waals surface area contributed by atoms with Crippen LogP contribution in [0.4, 0.5) is 10.1 Å². The summed E-state index contributed by atoms with van der Waals surface area (Å²) in [5.41, 5.74) is 1.76. The van der Waals surface area contributed by atoms with Crippen LogP contribution < -0.4 is 10.4 Å². The summed E-state index contributed by atoms with van der Waals surface area (Å²) in [4.78, 5) is 4.83. The Kier molecular flexibility index (Phi) is 5.49. The molecule has 0 spiro atoms. The number of hydrogen-bond acceptors (Lipinski definition) is 4. The van der Waals surface area contributed by atoms with Crippen LogP contribution in [0.2, 0.25) is 0 Å². The monoisotopic (exact) mass is 388 g/mol. The molecule has 1 aliphatic carbocycles. The second kappa shape index (κ2) is 7.62. The highest BCUT2D eigenvalue weighted by molar-refractivity contribution is 6.62. The second-order valence-electron chi connectivity index (χ2n) is 9.45. The average Bonchev–Trinajstić information content (AvgIpc) is 3.29. The molecule has 0 aromatic heterocycles. The van der Waals surface area contributed by atoms with Gasteiger partial charge in [0.2, 0.25) is 0 Å². The first-order valence-electron chi connectivity index (χ1n) is 10.9. The minimum atomic E-state index is -0.547. The predicted octanol–water partition coefficient (Wildman–Crippen LogP) is 3.25. The fraction of sp³-hybridized carbons (Fsp3) is 0.727. The third-order valence-corrected chi connectivity index (χ3v) is 7.00. The molecule has 1 saturated carbocycles. The van der Waals surface area contributed by atoms with Gasteiger partial charge in [0.15, 0.2) is 0 Å². The number of nitrogens with zero attached hydrogens (tertiary/aromatic N) is 2. The van der Waals surface area contributed by atoms with Crippen molar-refractivity contribution in [2.45, 2.75) is 64.3 Å². The molecule has 28 heavy (non-hydrogen) atoms. The summed E-state index contributed by atoms with van der Waals surface area (Å²) in [6.07, 6.45) is 2.28. The molecule has 3 fully saturated rings. The molecule has 2 heterocycles. The predicted molar refractivity (Wildman–Crippen MR) is 113 cm³/mol. The Morgan fingerprint density at radius 2 is 1.71 bits per heavy atom. The Balaban J connectivity index is 1.34. The molecule has 1 aromatic rings. The third kappa shape index (κ3) is 3.96. The van der Waals surface area contributed by atoms with E-state index in [1.54, 1.807) is 0 Å². The highest BCUT2D eigenvalue weighted by atomic mass is 19.1. The van der Waals surface area contributed by atoms with Gasteiger partial charge in [0.1, 0.15) is 6.17 Å². The minimum absolute atomic E-state index is 0.262. The van der Waals surface area contributed by atoms with E-state index in [4.69, 9.17) is 9.31 Å². The first kappa shape index (κ1) is 20.2. The van der Waals surface area contributed by atoms with Gasteiger partial charge in [-0.25, -0.2) is 4.39 Å². The van der Waals surface area contributed by atoms with Crippen molar-refractivity contribution in [2.75, 3.05) is 37.6 Å². The zero-order chi connectivity index (χ0) is 19.9. The molecular formula is C22H34BFN2O2. The summed E-state index contributed by atoms with van der Waals surface area (Å²) < 4.78 is 25.8. The van der Waals surface area contributed by atoms with Gasteiger partial charge in [0, 0.05) is 44.3 Å². The Morgan fingerprint density at radius 1 is 1.07 bits per heavy atom. The van der Waals surface area contributed by atoms with Crippen LogP contribution >= 0.6 is 0 Å². The molecular weight excluding hydrogens is 354 g/mol. The van der Waals surface area contributed by atoms with E-state index in [1.165, 1.54) is 5.69 Å². The fourth-order valence-electron chi connectivity index (χ4n) is 4.53. The molecule has 1 unspecified atom stereocenters. The van der Waals surface area contributed by atoms with Crippen molar-refractivity contribution in [3.8, 4) is 0 Å². The van der Waals surface area contributed by atoms with Crippen molar-refractivity contribution < 1.29 is 13.7 Å². The number of hydrogen-bond donors (Lipinski definition) is 0. The van der Waals surface area contributed by atoms with Gasteiger partial charge in [0.25, 0.3) is 0 Å². The van der Waals surface area contributed by atoms with Gasteiger partial charge in [-0.05, 0) is 51.2 Å². The maximum absolute atomic E-state index is 13.1. The van der Waals surface area contributed by atoms with E-state index in [0.29, 0.717) is 5.92 Å². The number of halogens is 1. The average molecular weight is 388 g/mol. The van der Waals surface area contributed by atoms with Crippen LogP contribution in [0.25, 0.3) is 0 Å². The molecule has 4 nitrogen and oxygen atoms in total. The van der Waals surface area contributed by atoms with Gasteiger partial charge in [-0.1, -0.05) is 25.5 Å². The number of piperazine rings is 1. The fourth-order valence-corrected chi connectivity index (χ4v) is 4.53. The van der Waals surface area contributed by atoms with Crippen LogP contribution in [-0.2, 0) is 9.31 Å². The van der Waals surface area contributed by atoms with Crippen molar-refractivity contribution >= 4 is 18.3 Å². The SMILES string of the molecule is CCCC1(C)OB(c2ccc(N3CCN(C[C@@H]4C[C@@H]4F)CC3)cc2)OC1(C)C. The smallest absolute Gasteiger partial charge is 0.399 e. The number of alkyl halides is 1. The summed E-state index contributed by atoms with van der Waals surface area (Å²) in [7, 11) is -0.301. The lowest BCUT2D eigenvalue weighted by molar-refractivity contribution is -0.0159. The van der Waals surface area contributed by atoms with Gasteiger partial charge >= 0.3 is 7.12 Å². The Labute approximate surface area is 169 Å². The van der Waals surface area contributed by atoms with Crippen LogP contribution in [0, 0.1) is 5.92 Å². The van der Waals surface area contributed by atoms with Crippen molar-refractivity contribution in [1.29, 1.82) is 0 Å². The first-order chi connectivity index (χ1) is 13.3. The molecule has 0 radical (unpaired) electrons. The Hall–Kier alpha value is -1.11. The standard InChI is InChI=1S/C22H34BFN2O2/c1-5-10-22(4)21(2,3)27-23(28-22)18-6-8-19(9-7-18)26-13-11-25(12-14-26)16-17-15-20(17)24/h6-9,17,20H,5,10-16H2,1-4H3/t17-,20-,22?/m0/s1. The normalized spacial score (nSPS) is 32.8. The van der Waals surface area contributed by atoms with E-state index in [1.807, 2.05) is 0 Å². The second-order valence-corrected chi connectivity index (χ2v) is 9.45. The summed E-state index contributed by atoms with van der Waals surface area (Å²) >= 11 is 0. The van der Waals surface area contributed by atoms with E-state index >= 15 is 0 Å². The van der Waals surface area contributed by atoms with E-state index < -0.39 is 6.17 Å². The highest BCUT2D eigenvalue weighted by Gasteiger charge is 2.53. The van der Waals surface area contributed by atoms with Crippen molar-refractivity contribution in [3.05, 3.63) is 24.3 Å². The highest BCUT2D eigenvalue weighted by Crippen LogP contribution is 2.40. The summed E-state index contributed by atoms with van der Waals surface area (Å²) in [5.74, 6) is 0.292. The molecule has 4 rings (SSSR count). The van der Waals surface area contributed by atoms with Gasteiger partial charge in [0.05, 0.1) is 11.2 Å².